The van der Waals surface area contributed by atoms with Gasteiger partial charge in [0, 0.05) is 33.4 Å². The SMILES string of the molecule is c1ccc(-c2cccc(-c3ccc(N(c4ccc(-c5ccc(-c6ccccc6)c6ccccc56)cc4)c4ccc(-c5cccc6c5oc5ccccc56)cc4)cc3)c2)cc1. The molecule has 2 nitrogen and oxygen atoms in total. The number of anilines is 3. The molecule has 282 valence electrons. The number of hydrogen-bond acceptors (Lipinski definition) is 2. The van der Waals surface area contributed by atoms with Crippen molar-refractivity contribution in [1.29, 1.82) is 0 Å². The van der Waals surface area contributed by atoms with Crippen LogP contribution in [0, 0.1) is 0 Å². The van der Waals surface area contributed by atoms with Gasteiger partial charge >= 0.3 is 0 Å². The summed E-state index contributed by atoms with van der Waals surface area (Å²) in [6.07, 6.45) is 0. The van der Waals surface area contributed by atoms with Crippen LogP contribution in [0.5, 0.6) is 0 Å². The minimum Gasteiger partial charge on any atom is -0.455 e. The van der Waals surface area contributed by atoms with Crippen molar-refractivity contribution < 1.29 is 4.42 Å². The van der Waals surface area contributed by atoms with Gasteiger partial charge in [-0.15, -0.1) is 0 Å². The van der Waals surface area contributed by atoms with Crippen LogP contribution in [0.1, 0.15) is 0 Å². The summed E-state index contributed by atoms with van der Waals surface area (Å²) in [6, 6.07) is 84.8. The molecular formula is C58H39NO. The Kier molecular flexibility index (Phi) is 8.87. The third-order valence-electron chi connectivity index (χ3n) is 11.7. The van der Waals surface area contributed by atoms with Crippen LogP contribution in [0.3, 0.4) is 0 Å². The first-order valence-electron chi connectivity index (χ1n) is 20.5. The summed E-state index contributed by atoms with van der Waals surface area (Å²) in [5.41, 5.74) is 16.9. The van der Waals surface area contributed by atoms with E-state index in [4.69, 9.17) is 4.42 Å². The highest BCUT2D eigenvalue weighted by molar-refractivity contribution is 6.09. The minimum absolute atomic E-state index is 0.904. The molecule has 0 saturated heterocycles. The van der Waals surface area contributed by atoms with Gasteiger partial charge in [-0.1, -0.05) is 188 Å². The molecule has 0 spiro atoms. The lowest BCUT2D eigenvalue weighted by Crippen LogP contribution is -2.09. The number of hydrogen-bond donors (Lipinski definition) is 0. The second-order valence-corrected chi connectivity index (χ2v) is 15.3. The highest BCUT2D eigenvalue weighted by Gasteiger charge is 2.17. The standard InChI is InChI=1S/C58H39NO/c1-3-13-40(14-4-1)45-17-11-18-46(39-45)41-25-31-47(32-26-41)59(49-35-29-44(30-36-49)52-22-12-23-56-55-21-9-10-24-57(55)60-58(52)56)48-33-27-43(28-34-48)51-38-37-50(42-15-5-2-6-16-42)53-19-7-8-20-54(51)53/h1-39H. The van der Waals surface area contributed by atoms with Gasteiger partial charge in [0.2, 0.25) is 0 Å². The summed E-state index contributed by atoms with van der Waals surface area (Å²) in [5, 5.41) is 4.76. The van der Waals surface area contributed by atoms with Gasteiger partial charge < -0.3 is 9.32 Å². The lowest BCUT2D eigenvalue weighted by molar-refractivity contribution is 0.670. The largest absolute Gasteiger partial charge is 0.455 e. The Morgan fingerprint density at radius 2 is 0.650 bits per heavy atom. The van der Waals surface area contributed by atoms with Gasteiger partial charge in [0.25, 0.3) is 0 Å². The van der Waals surface area contributed by atoms with Gasteiger partial charge in [-0.25, -0.2) is 0 Å². The van der Waals surface area contributed by atoms with E-state index in [1.165, 1.54) is 55.3 Å². The fraction of sp³-hybridized carbons (Fsp3) is 0. The van der Waals surface area contributed by atoms with Gasteiger partial charge in [-0.3, -0.25) is 0 Å². The summed E-state index contributed by atoms with van der Waals surface area (Å²) in [4.78, 5) is 2.34. The minimum atomic E-state index is 0.904. The van der Waals surface area contributed by atoms with Crippen LogP contribution in [-0.4, -0.2) is 0 Å². The molecule has 0 N–H and O–H groups in total. The molecule has 11 aromatic rings. The van der Waals surface area contributed by atoms with E-state index in [9.17, 15) is 0 Å². The van der Waals surface area contributed by atoms with Crippen molar-refractivity contribution in [1.82, 2.24) is 0 Å². The zero-order chi connectivity index (χ0) is 39.8. The van der Waals surface area contributed by atoms with E-state index in [0.717, 1.165) is 50.1 Å². The van der Waals surface area contributed by atoms with Crippen LogP contribution in [-0.2, 0) is 0 Å². The molecule has 0 amide bonds. The van der Waals surface area contributed by atoms with Crippen molar-refractivity contribution in [3.05, 3.63) is 237 Å². The molecule has 10 aromatic carbocycles. The van der Waals surface area contributed by atoms with Crippen molar-refractivity contribution in [3.8, 4) is 55.6 Å². The Morgan fingerprint density at radius 3 is 1.23 bits per heavy atom. The molecule has 0 aliphatic carbocycles. The van der Waals surface area contributed by atoms with Crippen LogP contribution < -0.4 is 4.90 Å². The zero-order valence-corrected chi connectivity index (χ0v) is 32.9. The van der Waals surface area contributed by atoms with E-state index < -0.39 is 0 Å². The molecule has 0 aliphatic rings. The van der Waals surface area contributed by atoms with Gasteiger partial charge in [0.1, 0.15) is 11.2 Å². The van der Waals surface area contributed by atoms with Crippen LogP contribution in [0.2, 0.25) is 0 Å². The molecule has 0 fully saturated rings. The Labute approximate surface area is 349 Å². The molecule has 1 heterocycles. The molecule has 1 aromatic heterocycles. The maximum atomic E-state index is 6.43. The van der Waals surface area contributed by atoms with E-state index in [2.05, 4.69) is 229 Å². The van der Waals surface area contributed by atoms with E-state index in [-0.39, 0.29) is 0 Å². The average Bonchev–Trinajstić information content (AvgIpc) is 3.72. The second kappa shape index (κ2) is 15.1. The van der Waals surface area contributed by atoms with Crippen molar-refractivity contribution in [2.75, 3.05) is 4.90 Å². The molecule has 0 saturated carbocycles. The molecule has 0 atom stereocenters. The number of fused-ring (bicyclic) bond motifs is 4. The maximum Gasteiger partial charge on any atom is 0.143 e. The number of nitrogens with zero attached hydrogens (tertiary/aromatic N) is 1. The average molecular weight is 766 g/mol. The van der Waals surface area contributed by atoms with E-state index in [0.29, 0.717) is 0 Å². The van der Waals surface area contributed by atoms with Crippen molar-refractivity contribution in [2.45, 2.75) is 0 Å². The van der Waals surface area contributed by atoms with Crippen LogP contribution in [0.15, 0.2) is 241 Å². The van der Waals surface area contributed by atoms with Crippen molar-refractivity contribution >= 4 is 49.8 Å². The van der Waals surface area contributed by atoms with Gasteiger partial charge in [-0.05, 0) is 109 Å². The van der Waals surface area contributed by atoms with Crippen LogP contribution in [0.4, 0.5) is 17.1 Å². The fourth-order valence-electron chi connectivity index (χ4n) is 8.73. The molecule has 0 radical (unpaired) electrons. The van der Waals surface area contributed by atoms with E-state index >= 15 is 0 Å². The first-order chi connectivity index (χ1) is 29.7. The predicted molar refractivity (Wildman–Crippen MR) is 253 cm³/mol. The lowest BCUT2D eigenvalue weighted by Gasteiger charge is -2.26. The normalized spacial score (nSPS) is 11.3. The molecule has 0 unspecified atom stereocenters. The summed E-state index contributed by atoms with van der Waals surface area (Å²) in [7, 11) is 0. The Morgan fingerprint density at radius 1 is 0.250 bits per heavy atom. The Balaban J connectivity index is 0.980. The predicted octanol–water partition coefficient (Wildman–Crippen LogP) is 16.5. The molecule has 0 aliphatic heterocycles. The number of furan rings is 1. The van der Waals surface area contributed by atoms with Gasteiger partial charge in [-0.2, -0.15) is 0 Å². The smallest absolute Gasteiger partial charge is 0.143 e. The number of rotatable bonds is 8. The van der Waals surface area contributed by atoms with Crippen molar-refractivity contribution in [3.63, 3.8) is 0 Å². The molecule has 2 heteroatoms. The van der Waals surface area contributed by atoms with Crippen LogP contribution in [0.25, 0.3) is 88.3 Å². The fourth-order valence-corrected chi connectivity index (χ4v) is 8.73. The Bertz CT molecular complexity index is 3270. The van der Waals surface area contributed by atoms with E-state index in [1.807, 2.05) is 12.1 Å². The quantitative estimate of drug-likeness (QED) is 0.153. The van der Waals surface area contributed by atoms with E-state index in [1.54, 1.807) is 0 Å². The molecule has 11 rings (SSSR count). The maximum absolute atomic E-state index is 6.43. The highest BCUT2D eigenvalue weighted by atomic mass is 16.3. The lowest BCUT2D eigenvalue weighted by atomic mass is 9.92. The number of para-hydroxylation sites is 2. The summed E-state index contributed by atoms with van der Waals surface area (Å²) < 4.78 is 6.43. The van der Waals surface area contributed by atoms with Gasteiger partial charge in [0.15, 0.2) is 0 Å². The zero-order valence-electron chi connectivity index (χ0n) is 32.9. The summed E-state index contributed by atoms with van der Waals surface area (Å²) >= 11 is 0. The first kappa shape index (κ1) is 35.2. The molecule has 60 heavy (non-hydrogen) atoms. The molecular weight excluding hydrogens is 727 g/mol. The van der Waals surface area contributed by atoms with Gasteiger partial charge in [0.05, 0.1) is 0 Å². The number of benzene rings is 10. The van der Waals surface area contributed by atoms with Crippen molar-refractivity contribution in [2.24, 2.45) is 0 Å². The highest BCUT2D eigenvalue weighted by Crippen LogP contribution is 2.41. The topological polar surface area (TPSA) is 16.4 Å². The monoisotopic (exact) mass is 765 g/mol. The van der Waals surface area contributed by atoms with Crippen LogP contribution >= 0.6 is 0 Å². The first-order valence-corrected chi connectivity index (χ1v) is 20.5. The summed E-state index contributed by atoms with van der Waals surface area (Å²) in [6.45, 7) is 0. The summed E-state index contributed by atoms with van der Waals surface area (Å²) in [5.74, 6) is 0. The molecule has 0 bridgehead atoms. The second-order valence-electron chi connectivity index (χ2n) is 15.3. The third kappa shape index (κ3) is 6.41. The third-order valence-corrected chi connectivity index (χ3v) is 11.7. The Hall–Kier alpha value is -7.94.